The average molecular weight is 302 g/mol. The maximum atomic E-state index is 10.4. The van der Waals surface area contributed by atoms with Gasteiger partial charge in [-0.2, -0.15) is 0 Å². The summed E-state index contributed by atoms with van der Waals surface area (Å²) in [4.78, 5) is 10.4. The molecule has 0 aliphatic carbocycles. The first-order chi connectivity index (χ1) is 5.74. The number of carbonyl (C=O) groups is 1. The van der Waals surface area contributed by atoms with Gasteiger partial charge in [-0.3, -0.25) is 4.79 Å². The van der Waals surface area contributed by atoms with Crippen molar-refractivity contribution in [1.29, 1.82) is 0 Å². The molecule has 0 fully saturated rings. The predicted molar refractivity (Wildman–Crippen MR) is 42.6 cm³/mol. The summed E-state index contributed by atoms with van der Waals surface area (Å²) in [5.41, 5.74) is 0.283. The maximum Gasteiger partial charge on any atom is 2.00 e. The summed E-state index contributed by atoms with van der Waals surface area (Å²) in [6.45, 7) is 0. The van der Waals surface area contributed by atoms with Gasteiger partial charge in [-0.05, 0) is 12.1 Å². The Morgan fingerprint density at radius 2 is 1.73 bits per heavy atom. The van der Waals surface area contributed by atoms with Crippen molar-refractivity contribution in [2.75, 3.05) is 0 Å². The molecule has 0 radical (unpaired) electrons. The first kappa shape index (κ1) is 20.3. The Bertz CT molecular complexity index is 287. The molecule has 2 N–H and O–H groups in total. The molecular formula is C7H7BCl2O4Zn. The molecule has 4 nitrogen and oxygen atoms in total. The number of rotatable bonds is 3. The van der Waals surface area contributed by atoms with Gasteiger partial charge >= 0.3 is 26.8 Å². The molecule has 0 unspecified atom stereocenters. The molecule has 0 aromatic heterocycles. The number of benzene rings is 1. The molecular weight excluding hydrogens is 295 g/mol. The first-order valence-electron chi connectivity index (χ1n) is 3.31. The summed E-state index contributed by atoms with van der Waals surface area (Å²) >= 11 is 0. The number of carbonyl (C=O) groups excluding carboxylic acids is 1. The Kier molecular flexibility index (Phi) is 14.1. The number of hydrogen-bond acceptors (Lipinski definition) is 4. The molecule has 0 amide bonds. The van der Waals surface area contributed by atoms with Crippen LogP contribution in [0.1, 0.15) is 10.4 Å². The van der Waals surface area contributed by atoms with Gasteiger partial charge in [0.15, 0.2) is 6.29 Å². The van der Waals surface area contributed by atoms with Crippen LogP contribution in [0.15, 0.2) is 24.3 Å². The van der Waals surface area contributed by atoms with E-state index in [2.05, 4.69) is 4.65 Å². The fourth-order valence-electron chi connectivity index (χ4n) is 0.799. The normalized spacial score (nSPS) is 7.33. The summed E-state index contributed by atoms with van der Waals surface area (Å²) in [7, 11) is -1.90. The predicted octanol–water partition coefficient (Wildman–Crippen LogP) is -6.15. The van der Waals surface area contributed by atoms with Crippen molar-refractivity contribution in [3.8, 4) is 5.75 Å². The maximum absolute atomic E-state index is 10.4. The van der Waals surface area contributed by atoms with Gasteiger partial charge in [-0.25, -0.2) is 0 Å². The minimum atomic E-state index is -1.90. The van der Waals surface area contributed by atoms with Crippen LogP contribution < -0.4 is 29.5 Å². The standard InChI is InChI=1S/C7H7BO4.2ClH.Zn/c9-5-6-3-1-2-4-7(6)12-8(10)11;;;/h1-5,10-11H;2*1H;/q;;;+2/p-2. The van der Waals surface area contributed by atoms with Gasteiger partial charge in [0.2, 0.25) is 0 Å². The van der Waals surface area contributed by atoms with E-state index in [9.17, 15) is 4.79 Å². The van der Waals surface area contributed by atoms with Crippen molar-refractivity contribution >= 4 is 13.6 Å². The summed E-state index contributed by atoms with van der Waals surface area (Å²) in [5, 5.41) is 16.9. The van der Waals surface area contributed by atoms with Gasteiger partial charge in [0.1, 0.15) is 5.75 Å². The zero-order valence-corrected chi connectivity index (χ0v) is 12.1. The number of halogens is 2. The van der Waals surface area contributed by atoms with E-state index in [4.69, 9.17) is 10.0 Å². The van der Waals surface area contributed by atoms with E-state index in [0.29, 0.717) is 6.29 Å². The Labute approximate surface area is 113 Å². The minimum Gasteiger partial charge on any atom is -1.00 e. The second-order valence-electron chi connectivity index (χ2n) is 2.10. The quantitative estimate of drug-likeness (QED) is 0.431. The summed E-state index contributed by atoms with van der Waals surface area (Å²) < 4.78 is 4.52. The van der Waals surface area contributed by atoms with Crippen molar-refractivity contribution in [2.24, 2.45) is 0 Å². The molecule has 15 heavy (non-hydrogen) atoms. The van der Waals surface area contributed by atoms with E-state index in [1.165, 1.54) is 12.1 Å². The zero-order valence-electron chi connectivity index (χ0n) is 7.64. The third kappa shape index (κ3) is 6.87. The van der Waals surface area contributed by atoms with Crippen LogP contribution in [0.25, 0.3) is 0 Å². The number of aldehydes is 1. The molecule has 0 heterocycles. The molecule has 1 rings (SSSR count). The average Bonchev–Trinajstić information content (AvgIpc) is 2.04. The monoisotopic (exact) mass is 300 g/mol. The number of para-hydroxylation sites is 1. The third-order valence-corrected chi connectivity index (χ3v) is 1.28. The van der Waals surface area contributed by atoms with Crippen LogP contribution in [0.2, 0.25) is 0 Å². The molecule has 0 saturated heterocycles. The molecule has 0 bridgehead atoms. The van der Waals surface area contributed by atoms with Crippen molar-refractivity contribution in [3.63, 3.8) is 0 Å². The minimum absolute atomic E-state index is 0. The van der Waals surface area contributed by atoms with E-state index >= 15 is 0 Å². The first-order valence-corrected chi connectivity index (χ1v) is 3.31. The van der Waals surface area contributed by atoms with Crippen LogP contribution in [-0.4, -0.2) is 23.7 Å². The summed E-state index contributed by atoms with van der Waals surface area (Å²) in [6, 6.07) is 6.28. The Balaban J connectivity index is -0.000000480. The van der Waals surface area contributed by atoms with E-state index in [1.54, 1.807) is 12.1 Å². The second kappa shape index (κ2) is 10.4. The van der Waals surface area contributed by atoms with Crippen molar-refractivity contribution in [1.82, 2.24) is 0 Å². The van der Waals surface area contributed by atoms with Gasteiger partial charge in [0.25, 0.3) is 0 Å². The van der Waals surface area contributed by atoms with Gasteiger partial charge < -0.3 is 39.5 Å². The smallest absolute Gasteiger partial charge is 1.00 e. The van der Waals surface area contributed by atoms with Crippen LogP contribution in [0.5, 0.6) is 5.75 Å². The fourth-order valence-corrected chi connectivity index (χ4v) is 0.799. The topological polar surface area (TPSA) is 66.8 Å². The Morgan fingerprint density at radius 1 is 1.20 bits per heavy atom. The van der Waals surface area contributed by atoms with Crippen molar-refractivity contribution < 1.29 is 63.8 Å². The van der Waals surface area contributed by atoms with Crippen molar-refractivity contribution in [3.05, 3.63) is 29.8 Å². The molecule has 1 aromatic carbocycles. The molecule has 1 aromatic rings. The van der Waals surface area contributed by atoms with E-state index < -0.39 is 7.32 Å². The van der Waals surface area contributed by atoms with Crippen LogP contribution in [0.4, 0.5) is 0 Å². The molecule has 8 heteroatoms. The second-order valence-corrected chi connectivity index (χ2v) is 2.10. The summed E-state index contributed by atoms with van der Waals surface area (Å²) in [6.07, 6.45) is 0.581. The summed E-state index contributed by atoms with van der Waals surface area (Å²) in [5.74, 6) is 0.155. The zero-order chi connectivity index (χ0) is 8.97. The van der Waals surface area contributed by atoms with Gasteiger partial charge in [-0.15, -0.1) is 0 Å². The van der Waals surface area contributed by atoms with E-state index in [1.807, 2.05) is 0 Å². The van der Waals surface area contributed by atoms with E-state index in [0.717, 1.165) is 0 Å². The van der Waals surface area contributed by atoms with Gasteiger partial charge in [-0.1, -0.05) is 12.1 Å². The largest absolute Gasteiger partial charge is 2.00 e. The molecule has 0 spiro atoms. The van der Waals surface area contributed by atoms with Gasteiger partial charge in [0.05, 0.1) is 5.56 Å². The van der Waals surface area contributed by atoms with Crippen LogP contribution in [-0.2, 0) is 19.5 Å². The Morgan fingerprint density at radius 3 is 2.20 bits per heavy atom. The number of hydrogen-bond donors (Lipinski definition) is 2. The Hall–Kier alpha value is -0.122. The van der Waals surface area contributed by atoms with Crippen LogP contribution in [0, 0.1) is 0 Å². The SMILES string of the molecule is O=Cc1ccccc1OB(O)O.[Cl-].[Cl-].[Zn+2]. The van der Waals surface area contributed by atoms with Gasteiger partial charge in [0, 0.05) is 0 Å². The van der Waals surface area contributed by atoms with Crippen molar-refractivity contribution in [2.45, 2.75) is 0 Å². The molecule has 0 atom stereocenters. The molecule has 0 aliphatic heterocycles. The van der Waals surface area contributed by atoms with Crippen LogP contribution >= 0.6 is 0 Å². The molecule has 0 aliphatic rings. The fraction of sp³-hybridized carbons (Fsp3) is 0. The van der Waals surface area contributed by atoms with Crippen LogP contribution in [0.3, 0.4) is 0 Å². The molecule has 78 valence electrons. The van der Waals surface area contributed by atoms with E-state index in [-0.39, 0.29) is 55.6 Å². The molecule has 0 saturated carbocycles. The third-order valence-electron chi connectivity index (χ3n) is 1.28.